The van der Waals surface area contributed by atoms with Crippen LogP contribution >= 0.6 is 0 Å². The van der Waals surface area contributed by atoms with E-state index in [4.69, 9.17) is 9.26 Å². The van der Waals surface area contributed by atoms with Crippen molar-refractivity contribution in [3.8, 4) is 0 Å². The van der Waals surface area contributed by atoms with Gasteiger partial charge in [-0.15, -0.1) is 0 Å². The number of alkyl halides is 2. The number of carbonyl (C=O) groups excluding carboxylic acids is 1. The van der Waals surface area contributed by atoms with Crippen LogP contribution in [0.3, 0.4) is 0 Å². The molecule has 0 aliphatic rings. The summed E-state index contributed by atoms with van der Waals surface area (Å²) in [6, 6.07) is 0. The molecule has 2 aromatic heterocycles. The second-order valence-corrected chi connectivity index (χ2v) is 5.32. The maximum absolute atomic E-state index is 13.3. The van der Waals surface area contributed by atoms with E-state index in [9.17, 15) is 13.6 Å². The van der Waals surface area contributed by atoms with E-state index in [1.165, 1.54) is 0 Å². The largest absolute Gasteiger partial charge is 0.462 e. The standard InChI is InChI=1S/C14H18F2N4O3/c1-4-22-14(21)9-6-17-20(12(9)13(15)16)7-10-18-11(23-19-10)5-8(2)3/h6,8,13H,4-5,7H2,1-3H3. The number of hydrogen-bond donors (Lipinski definition) is 0. The molecule has 0 bridgehead atoms. The molecule has 0 fully saturated rings. The van der Waals surface area contributed by atoms with Crippen LogP contribution in [0.4, 0.5) is 8.78 Å². The van der Waals surface area contributed by atoms with Gasteiger partial charge in [-0.3, -0.25) is 4.68 Å². The zero-order chi connectivity index (χ0) is 17.0. The number of halogens is 2. The Morgan fingerprint density at radius 2 is 2.17 bits per heavy atom. The minimum absolute atomic E-state index is 0.0933. The summed E-state index contributed by atoms with van der Waals surface area (Å²) < 4.78 is 37.3. The van der Waals surface area contributed by atoms with Crippen LogP contribution in [0.1, 0.15) is 55.0 Å². The molecule has 0 aliphatic carbocycles. The highest BCUT2D eigenvalue weighted by Gasteiger charge is 2.26. The molecule has 0 aliphatic heterocycles. The van der Waals surface area contributed by atoms with E-state index in [2.05, 4.69) is 15.2 Å². The Labute approximate surface area is 131 Å². The highest BCUT2D eigenvalue weighted by atomic mass is 19.3. The van der Waals surface area contributed by atoms with Gasteiger partial charge in [0.15, 0.2) is 5.82 Å². The maximum atomic E-state index is 13.3. The molecule has 126 valence electrons. The Balaban J connectivity index is 2.22. The predicted molar refractivity (Wildman–Crippen MR) is 75.1 cm³/mol. The summed E-state index contributed by atoms with van der Waals surface area (Å²) in [5.74, 6) is 0.162. The number of ether oxygens (including phenoxy) is 1. The molecule has 0 radical (unpaired) electrons. The van der Waals surface area contributed by atoms with Crippen LogP contribution in [0.2, 0.25) is 0 Å². The van der Waals surface area contributed by atoms with Crippen molar-refractivity contribution in [2.24, 2.45) is 5.92 Å². The monoisotopic (exact) mass is 328 g/mol. The zero-order valence-corrected chi connectivity index (χ0v) is 13.1. The van der Waals surface area contributed by atoms with Crippen molar-refractivity contribution in [2.45, 2.75) is 40.2 Å². The third-order valence-corrected chi connectivity index (χ3v) is 2.97. The molecule has 0 aromatic carbocycles. The fourth-order valence-corrected chi connectivity index (χ4v) is 2.04. The first-order valence-corrected chi connectivity index (χ1v) is 7.24. The lowest BCUT2D eigenvalue weighted by atomic mass is 10.1. The summed E-state index contributed by atoms with van der Waals surface area (Å²) in [6.45, 7) is 5.58. The van der Waals surface area contributed by atoms with Gasteiger partial charge in [-0.25, -0.2) is 13.6 Å². The van der Waals surface area contributed by atoms with Crippen LogP contribution in [-0.4, -0.2) is 32.5 Å². The summed E-state index contributed by atoms with van der Waals surface area (Å²) >= 11 is 0. The average Bonchev–Trinajstić information content (AvgIpc) is 3.06. The number of nitrogens with zero attached hydrogens (tertiary/aromatic N) is 4. The van der Waals surface area contributed by atoms with Crippen LogP contribution in [0.15, 0.2) is 10.7 Å². The molecule has 9 heteroatoms. The van der Waals surface area contributed by atoms with Crippen molar-refractivity contribution < 1.29 is 22.8 Å². The van der Waals surface area contributed by atoms with Gasteiger partial charge in [0.05, 0.1) is 12.8 Å². The third-order valence-electron chi connectivity index (χ3n) is 2.97. The van der Waals surface area contributed by atoms with Gasteiger partial charge in [0.25, 0.3) is 6.43 Å². The number of rotatable bonds is 7. The van der Waals surface area contributed by atoms with Crippen molar-refractivity contribution >= 4 is 5.97 Å². The SMILES string of the molecule is CCOC(=O)c1cnn(Cc2noc(CC(C)C)n2)c1C(F)F. The molecule has 7 nitrogen and oxygen atoms in total. The summed E-state index contributed by atoms with van der Waals surface area (Å²) in [5.41, 5.74) is -0.772. The van der Waals surface area contributed by atoms with Crippen LogP contribution < -0.4 is 0 Å². The van der Waals surface area contributed by atoms with Crippen molar-refractivity contribution in [1.29, 1.82) is 0 Å². The van der Waals surface area contributed by atoms with Gasteiger partial charge in [0.2, 0.25) is 5.89 Å². The Bertz CT molecular complexity index is 667. The molecule has 0 N–H and O–H groups in total. The average molecular weight is 328 g/mol. The molecule has 0 spiro atoms. The second kappa shape index (κ2) is 7.30. The normalized spacial score (nSPS) is 11.4. The molecule has 0 saturated carbocycles. The second-order valence-electron chi connectivity index (χ2n) is 5.32. The van der Waals surface area contributed by atoms with E-state index in [-0.39, 0.29) is 24.5 Å². The number of aromatic nitrogens is 4. The first-order chi connectivity index (χ1) is 10.9. The number of esters is 1. The molecular formula is C14H18F2N4O3. The Hall–Kier alpha value is -2.32. The first kappa shape index (κ1) is 17.0. The van der Waals surface area contributed by atoms with E-state index in [1.54, 1.807) is 6.92 Å². The minimum atomic E-state index is -2.88. The van der Waals surface area contributed by atoms with E-state index in [0.29, 0.717) is 18.2 Å². The van der Waals surface area contributed by atoms with Gasteiger partial charge in [-0.2, -0.15) is 10.1 Å². The van der Waals surface area contributed by atoms with Gasteiger partial charge in [-0.05, 0) is 12.8 Å². The van der Waals surface area contributed by atoms with E-state index >= 15 is 0 Å². The molecule has 2 rings (SSSR count). The summed E-state index contributed by atoms with van der Waals surface area (Å²) in [6.07, 6.45) is -1.21. The predicted octanol–water partition coefficient (Wildman–Crippen LogP) is 2.63. The van der Waals surface area contributed by atoms with E-state index < -0.39 is 18.1 Å². The van der Waals surface area contributed by atoms with Crippen LogP contribution in [0, 0.1) is 5.92 Å². The van der Waals surface area contributed by atoms with Gasteiger partial charge in [-0.1, -0.05) is 19.0 Å². The number of hydrogen-bond acceptors (Lipinski definition) is 6. The lowest BCUT2D eigenvalue weighted by Gasteiger charge is -2.06. The molecular weight excluding hydrogens is 310 g/mol. The summed E-state index contributed by atoms with van der Waals surface area (Å²) in [4.78, 5) is 15.8. The quantitative estimate of drug-likeness (QED) is 0.727. The molecule has 23 heavy (non-hydrogen) atoms. The van der Waals surface area contributed by atoms with Gasteiger partial charge in [0, 0.05) is 6.42 Å². The Morgan fingerprint density at radius 1 is 1.43 bits per heavy atom. The van der Waals surface area contributed by atoms with E-state index in [0.717, 1.165) is 10.9 Å². The molecule has 2 aromatic rings. The topological polar surface area (TPSA) is 83.0 Å². The molecule has 0 atom stereocenters. The first-order valence-electron chi connectivity index (χ1n) is 7.24. The Kier molecular flexibility index (Phi) is 5.41. The van der Waals surface area contributed by atoms with Crippen molar-refractivity contribution in [1.82, 2.24) is 19.9 Å². The smallest absolute Gasteiger partial charge is 0.341 e. The summed E-state index contributed by atoms with van der Waals surface area (Å²) in [7, 11) is 0. The van der Waals surface area contributed by atoms with Crippen molar-refractivity contribution in [2.75, 3.05) is 6.61 Å². The molecule has 0 amide bonds. The lowest BCUT2D eigenvalue weighted by Crippen LogP contribution is -2.12. The molecule has 0 saturated heterocycles. The fraction of sp³-hybridized carbons (Fsp3) is 0.571. The number of carbonyl (C=O) groups is 1. The minimum Gasteiger partial charge on any atom is -0.462 e. The Morgan fingerprint density at radius 3 is 2.78 bits per heavy atom. The molecule has 2 heterocycles. The summed E-state index contributed by atoms with van der Waals surface area (Å²) in [5, 5.41) is 7.57. The zero-order valence-electron chi connectivity index (χ0n) is 13.1. The lowest BCUT2D eigenvalue weighted by molar-refractivity contribution is 0.0513. The molecule has 0 unspecified atom stereocenters. The maximum Gasteiger partial charge on any atom is 0.341 e. The third kappa shape index (κ3) is 4.11. The van der Waals surface area contributed by atoms with Crippen LogP contribution in [0.25, 0.3) is 0 Å². The van der Waals surface area contributed by atoms with Crippen LogP contribution in [-0.2, 0) is 17.7 Å². The van der Waals surface area contributed by atoms with Gasteiger partial charge in [0.1, 0.15) is 17.8 Å². The fourth-order valence-electron chi connectivity index (χ4n) is 2.04. The van der Waals surface area contributed by atoms with Crippen molar-refractivity contribution in [3.63, 3.8) is 0 Å². The van der Waals surface area contributed by atoms with Crippen LogP contribution in [0.5, 0.6) is 0 Å². The van der Waals surface area contributed by atoms with Crippen molar-refractivity contribution in [3.05, 3.63) is 29.2 Å². The van der Waals surface area contributed by atoms with Gasteiger partial charge < -0.3 is 9.26 Å². The highest BCUT2D eigenvalue weighted by molar-refractivity contribution is 5.90. The highest BCUT2D eigenvalue weighted by Crippen LogP contribution is 2.24. The van der Waals surface area contributed by atoms with E-state index in [1.807, 2.05) is 13.8 Å². The van der Waals surface area contributed by atoms with Gasteiger partial charge >= 0.3 is 5.97 Å².